The number of hydrogen-bond acceptors (Lipinski definition) is 1. The van der Waals surface area contributed by atoms with Gasteiger partial charge in [0.1, 0.15) is 0 Å². The van der Waals surface area contributed by atoms with E-state index in [1.165, 1.54) is 0 Å². The van der Waals surface area contributed by atoms with Gasteiger partial charge in [-0.3, -0.25) is 0 Å². The fourth-order valence-corrected chi connectivity index (χ4v) is 0. The van der Waals surface area contributed by atoms with E-state index >= 15 is 0 Å². The van der Waals surface area contributed by atoms with E-state index in [4.69, 9.17) is 21.4 Å². The van der Waals surface area contributed by atoms with Crippen LogP contribution in [0.2, 0.25) is 0 Å². The number of hydrogen-bond donors (Lipinski definition) is 2. The second kappa shape index (κ2) is 6.83. The molecule has 0 aliphatic rings. The third-order valence-corrected chi connectivity index (χ3v) is 0.333. The van der Waals surface area contributed by atoms with Gasteiger partial charge in [-0.05, 0) is 0 Å². The van der Waals surface area contributed by atoms with Gasteiger partial charge in [-0.1, -0.05) is 13.8 Å². The third kappa shape index (κ3) is 231. The van der Waals surface area contributed by atoms with E-state index in [0.717, 1.165) is 0 Å². The van der Waals surface area contributed by atoms with E-state index in [2.05, 4.69) is 5.92 Å². The molecule has 2 N–H and O–H groups in total. The summed E-state index contributed by atoms with van der Waals surface area (Å²) in [5.74, 6) is 2.94. The van der Waals surface area contributed by atoms with Crippen molar-refractivity contribution in [1.82, 2.24) is 0 Å². The first kappa shape index (κ1) is 10.7. The van der Waals surface area contributed by atoms with Crippen molar-refractivity contribution in [2.24, 2.45) is 5.92 Å². The first-order valence-electron chi connectivity index (χ1n) is 2.38. The van der Waals surface area contributed by atoms with Crippen molar-refractivity contribution in [3.05, 3.63) is 0 Å². The standard InChI is InChI=1S/C5H8.CH2O3/c1-4-5(2)3;2-1(3)4/h1,5H,2-3H3;(H2,2,3,4). The number of rotatable bonds is 0. The minimum Gasteiger partial charge on any atom is -0.450 e. The highest BCUT2D eigenvalue weighted by molar-refractivity contribution is 5.53. The lowest BCUT2D eigenvalue weighted by Crippen LogP contribution is -1.81. The van der Waals surface area contributed by atoms with Gasteiger partial charge in [0.05, 0.1) is 0 Å². The van der Waals surface area contributed by atoms with Crippen LogP contribution in [-0.2, 0) is 0 Å². The zero-order valence-electron chi connectivity index (χ0n) is 5.46. The number of carboxylic acid groups (broad SMARTS) is 2. The summed E-state index contributed by atoms with van der Waals surface area (Å²) in [4.78, 5) is 8.56. The second-order valence-corrected chi connectivity index (χ2v) is 1.60. The van der Waals surface area contributed by atoms with Crippen molar-refractivity contribution in [2.75, 3.05) is 0 Å². The fourth-order valence-electron chi connectivity index (χ4n) is 0. The molecule has 0 heterocycles. The minimum atomic E-state index is -1.83. The van der Waals surface area contributed by atoms with Gasteiger partial charge in [-0.2, -0.15) is 0 Å². The molecule has 0 saturated carbocycles. The Morgan fingerprint density at radius 1 is 1.56 bits per heavy atom. The van der Waals surface area contributed by atoms with Gasteiger partial charge in [0.25, 0.3) is 0 Å². The maximum atomic E-state index is 8.56. The molecule has 0 fully saturated rings. The van der Waals surface area contributed by atoms with Crippen LogP contribution in [0.3, 0.4) is 0 Å². The molecule has 0 radical (unpaired) electrons. The molecule has 0 aromatic rings. The predicted molar refractivity (Wildman–Crippen MR) is 34.3 cm³/mol. The summed E-state index contributed by atoms with van der Waals surface area (Å²) in [6.45, 7) is 3.97. The Hall–Kier alpha value is -1.17. The highest BCUT2D eigenvalue weighted by Gasteiger charge is 1.74. The van der Waals surface area contributed by atoms with Crippen LogP contribution >= 0.6 is 0 Å². The van der Waals surface area contributed by atoms with Crippen molar-refractivity contribution < 1.29 is 15.0 Å². The van der Waals surface area contributed by atoms with E-state index in [1.54, 1.807) is 0 Å². The van der Waals surface area contributed by atoms with Gasteiger partial charge in [0, 0.05) is 5.92 Å². The Balaban J connectivity index is 0. The molecule has 0 saturated heterocycles. The third-order valence-electron chi connectivity index (χ3n) is 0.333. The summed E-state index contributed by atoms with van der Waals surface area (Å²) in [6, 6.07) is 0. The maximum absolute atomic E-state index is 8.56. The van der Waals surface area contributed by atoms with Crippen LogP contribution in [0.1, 0.15) is 13.8 Å². The van der Waals surface area contributed by atoms with Crippen LogP contribution in [0.4, 0.5) is 4.79 Å². The molecule has 0 aromatic carbocycles. The molecular weight excluding hydrogens is 120 g/mol. The maximum Gasteiger partial charge on any atom is 0.503 e. The monoisotopic (exact) mass is 130 g/mol. The van der Waals surface area contributed by atoms with Crippen LogP contribution in [0.25, 0.3) is 0 Å². The minimum absolute atomic E-state index is 0.412. The molecule has 0 aliphatic carbocycles. The first-order valence-corrected chi connectivity index (χ1v) is 2.38. The predicted octanol–water partition coefficient (Wildman–Crippen LogP) is 1.50. The topological polar surface area (TPSA) is 57.5 Å². The molecule has 0 amide bonds. The summed E-state index contributed by atoms with van der Waals surface area (Å²) in [6.07, 6.45) is 3.09. The van der Waals surface area contributed by atoms with Gasteiger partial charge >= 0.3 is 6.16 Å². The molecular formula is C6H10O3. The Morgan fingerprint density at radius 2 is 1.67 bits per heavy atom. The summed E-state index contributed by atoms with van der Waals surface area (Å²) in [5.41, 5.74) is 0. The van der Waals surface area contributed by atoms with Crippen molar-refractivity contribution >= 4 is 6.16 Å². The van der Waals surface area contributed by atoms with E-state index in [9.17, 15) is 0 Å². The van der Waals surface area contributed by atoms with Crippen LogP contribution in [-0.4, -0.2) is 16.4 Å². The zero-order valence-corrected chi connectivity index (χ0v) is 5.46. The Bertz CT molecular complexity index is 106. The SMILES string of the molecule is C#CC(C)C.O=C(O)O. The molecule has 0 atom stereocenters. The fraction of sp³-hybridized carbons (Fsp3) is 0.500. The zero-order chi connectivity index (χ0) is 7.86. The van der Waals surface area contributed by atoms with Gasteiger partial charge in [0.15, 0.2) is 0 Å². The lowest BCUT2D eigenvalue weighted by Gasteiger charge is -1.80. The van der Waals surface area contributed by atoms with E-state index in [0.29, 0.717) is 5.92 Å². The average Bonchev–Trinajstić information content (AvgIpc) is 1.65. The number of terminal acetylenes is 1. The Labute approximate surface area is 54.3 Å². The molecule has 3 heteroatoms. The van der Waals surface area contributed by atoms with E-state index < -0.39 is 6.16 Å². The Kier molecular flexibility index (Phi) is 8.16. The normalized spacial score (nSPS) is 6.89. The van der Waals surface area contributed by atoms with Crippen LogP contribution in [0.15, 0.2) is 0 Å². The van der Waals surface area contributed by atoms with Crippen molar-refractivity contribution in [2.45, 2.75) is 13.8 Å². The molecule has 0 bridgehead atoms. The highest BCUT2D eigenvalue weighted by Crippen LogP contribution is 1.81. The van der Waals surface area contributed by atoms with Crippen molar-refractivity contribution in [1.29, 1.82) is 0 Å². The molecule has 0 rings (SSSR count). The molecule has 0 aromatic heterocycles. The van der Waals surface area contributed by atoms with Crippen LogP contribution in [0.5, 0.6) is 0 Å². The lowest BCUT2D eigenvalue weighted by atomic mass is 10.2. The van der Waals surface area contributed by atoms with Gasteiger partial charge in [-0.15, -0.1) is 12.3 Å². The highest BCUT2D eigenvalue weighted by atomic mass is 16.6. The van der Waals surface area contributed by atoms with Crippen LogP contribution < -0.4 is 0 Å². The van der Waals surface area contributed by atoms with Crippen LogP contribution in [0, 0.1) is 18.3 Å². The largest absolute Gasteiger partial charge is 0.503 e. The molecule has 0 unspecified atom stereocenters. The van der Waals surface area contributed by atoms with E-state index in [-0.39, 0.29) is 0 Å². The summed E-state index contributed by atoms with van der Waals surface area (Å²) in [7, 11) is 0. The molecule has 0 spiro atoms. The van der Waals surface area contributed by atoms with Crippen molar-refractivity contribution in [3.8, 4) is 12.3 Å². The number of carbonyl (C=O) groups is 1. The molecule has 3 nitrogen and oxygen atoms in total. The first-order chi connectivity index (χ1) is 4.00. The Morgan fingerprint density at radius 3 is 1.67 bits per heavy atom. The molecule has 0 aliphatic heterocycles. The quantitative estimate of drug-likeness (QED) is 0.488. The summed E-state index contributed by atoms with van der Waals surface area (Å²) in [5, 5.41) is 13.9. The van der Waals surface area contributed by atoms with Gasteiger partial charge in [0.2, 0.25) is 0 Å². The smallest absolute Gasteiger partial charge is 0.450 e. The summed E-state index contributed by atoms with van der Waals surface area (Å²) >= 11 is 0. The van der Waals surface area contributed by atoms with Crippen molar-refractivity contribution in [3.63, 3.8) is 0 Å². The lowest BCUT2D eigenvalue weighted by molar-refractivity contribution is 0.137. The van der Waals surface area contributed by atoms with Gasteiger partial charge < -0.3 is 10.2 Å². The molecule has 52 valence electrons. The molecule has 9 heavy (non-hydrogen) atoms. The van der Waals surface area contributed by atoms with Gasteiger partial charge in [-0.25, -0.2) is 4.79 Å². The summed E-state index contributed by atoms with van der Waals surface area (Å²) < 4.78 is 0. The van der Waals surface area contributed by atoms with E-state index in [1.807, 2.05) is 13.8 Å². The second-order valence-electron chi connectivity index (χ2n) is 1.60. The average molecular weight is 130 g/mol.